The molecule has 2 atom stereocenters. The summed E-state index contributed by atoms with van der Waals surface area (Å²) in [6.45, 7) is 4.12. The van der Waals surface area contributed by atoms with Crippen molar-refractivity contribution in [2.24, 2.45) is 0 Å². The molecule has 0 aliphatic carbocycles. The Kier molecular flexibility index (Phi) is 8.91. The number of piperidine rings is 1. The van der Waals surface area contributed by atoms with Crippen molar-refractivity contribution in [1.29, 1.82) is 0 Å². The molecule has 0 saturated carbocycles. The van der Waals surface area contributed by atoms with Gasteiger partial charge in [-0.3, -0.25) is 0 Å². The molecule has 1 saturated heterocycles. The van der Waals surface area contributed by atoms with Gasteiger partial charge < -0.3 is 39.6 Å². The Morgan fingerprint density at radius 1 is 1.03 bits per heavy atom. The second-order valence-electron chi connectivity index (χ2n) is 8.74. The first kappa shape index (κ1) is 24.9. The lowest BCUT2D eigenvalue weighted by Crippen LogP contribution is -2.51. The van der Waals surface area contributed by atoms with Crippen LogP contribution in [0.25, 0.3) is 0 Å². The fraction of sp³-hybridized carbons (Fsp3) is 0.500. The molecule has 9 nitrogen and oxygen atoms in total. The van der Waals surface area contributed by atoms with Gasteiger partial charge in [0.1, 0.15) is 37.4 Å². The van der Waals surface area contributed by atoms with E-state index in [1.54, 1.807) is 13.2 Å². The first-order valence-corrected chi connectivity index (χ1v) is 12.2. The zero-order valence-corrected chi connectivity index (χ0v) is 20.2. The standard InChI is InChI=1S/C26H35N3O6/c1-32-20-6-8-21(9-7-20)33-14-11-27-26(31)28-22(18-29-12-3-2-4-13-29)25(30)19-5-10-23-24(17-19)35-16-15-34-23/h5-10,17,22,25,30H,2-4,11-16,18H2,1H3,(H2,27,28,31)/t22-,25-/m1/s1. The Bertz CT molecular complexity index is 949. The normalized spacial score (nSPS) is 17.2. The van der Waals surface area contributed by atoms with Gasteiger partial charge in [-0.05, 0) is 67.9 Å². The summed E-state index contributed by atoms with van der Waals surface area (Å²) in [6, 6.07) is 11.9. The third-order valence-electron chi connectivity index (χ3n) is 6.22. The Balaban J connectivity index is 1.33. The topological polar surface area (TPSA) is 102 Å². The summed E-state index contributed by atoms with van der Waals surface area (Å²) >= 11 is 0. The number of likely N-dealkylation sites (tertiary alicyclic amines) is 1. The second-order valence-corrected chi connectivity index (χ2v) is 8.74. The molecule has 2 heterocycles. The smallest absolute Gasteiger partial charge is 0.315 e. The number of carbonyl (C=O) groups excluding carboxylic acids is 1. The van der Waals surface area contributed by atoms with E-state index in [0.29, 0.717) is 55.7 Å². The van der Waals surface area contributed by atoms with Crippen molar-refractivity contribution in [2.75, 3.05) is 53.1 Å². The fourth-order valence-electron chi connectivity index (χ4n) is 4.35. The lowest BCUT2D eigenvalue weighted by molar-refractivity contribution is 0.0962. The van der Waals surface area contributed by atoms with Crippen LogP contribution in [0, 0.1) is 0 Å². The molecule has 2 aliphatic rings. The number of aliphatic hydroxyl groups is 1. The summed E-state index contributed by atoms with van der Waals surface area (Å²) in [4.78, 5) is 15.0. The number of hydrogen-bond acceptors (Lipinski definition) is 7. The molecule has 2 amide bonds. The largest absolute Gasteiger partial charge is 0.497 e. The lowest BCUT2D eigenvalue weighted by Gasteiger charge is -2.33. The van der Waals surface area contributed by atoms with E-state index in [1.165, 1.54) is 6.42 Å². The number of urea groups is 1. The number of aliphatic hydroxyl groups excluding tert-OH is 1. The van der Waals surface area contributed by atoms with E-state index in [-0.39, 0.29) is 6.03 Å². The summed E-state index contributed by atoms with van der Waals surface area (Å²) in [5.74, 6) is 2.74. The molecule has 1 fully saturated rings. The van der Waals surface area contributed by atoms with Crippen molar-refractivity contribution < 1.29 is 28.8 Å². The maximum atomic E-state index is 12.7. The van der Waals surface area contributed by atoms with Gasteiger partial charge in [0.05, 0.1) is 19.7 Å². The lowest BCUT2D eigenvalue weighted by atomic mass is 10.00. The summed E-state index contributed by atoms with van der Waals surface area (Å²) in [5, 5.41) is 17.0. The third kappa shape index (κ3) is 7.16. The average molecular weight is 486 g/mol. The molecule has 2 aliphatic heterocycles. The van der Waals surface area contributed by atoms with Crippen molar-refractivity contribution in [3.8, 4) is 23.0 Å². The first-order chi connectivity index (χ1) is 17.1. The van der Waals surface area contributed by atoms with Crippen LogP contribution in [0.4, 0.5) is 4.79 Å². The van der Waals surface area contributed by atoms with Crippen LogP contribution >= 0.6 is 0 Å². The second kappa shape index (κ2) is 12.5. The van der Waals surface area contributed by atoms with Gasteiger partial charge >= 0.3 is 6.03 Å². The van der Waals surface area contributed by atoms with Crippen LogP contribution in [-0.4, -0.2) is 75.2 Å². The van der Waals surface area contributed by atoms with Crippen LogP contribution in [-0.2, 0) is 0 Å². The average Bonchev–Trinajstić information content (AvgIpc) is 2.91. The van der Waals surface area contributed by atoms with Gasteiger partial charge in [-0.15, -0.1) is 0 Å². The molecule has 0 aromatic heterocycles. The molecule has 2 aromatic carbocycles. The highest BCUT2D eigenvalue weighted by molar-refractivity contribution is 5.74. The number of rotatable bonds is 10. The number of nitrogens with one attached hydrogen (secondary N) is 2. The highest BCUT2D eigenvalue weighted by Crippen LogP contribution is 2.33. The summed E-state index contributed by atoms with van der Waals surface area (Å²) in [7, 11) is 1.61. The van der Waals surface area contributed by atoms with Gasteiger partial charge in [-0.2, -0.15) is 0 Å². The fourth-order valence-corrected chi connectivity index (χ4v) is 4.35. The van der Waals surface area contributed by atoms with Crippen molar-refractivity contribution in [3.63, 3.8) is 0 Å². The Morgan fingerprint density at radius 3 is 2.49 bits per heavy atom. The zero-order valence-electron chi connectivity index (χ0n) is 20.2. The van der Waals surface area contributed by atoms with Gasteiger partial charge in [-0.1, -0.05) is 12.5 Å². The van der Waals surface area contributed by atoms with E-state index in [9.17, 15) is 9.90 Å². The molecule has 0 unspecified atom stereocenters. The van der Waals surface area contributed by atoms with Crippen LogP contribution < -0.4 is 29.6 Å². The predicted octanol–water partition coefficient (Wildman–Crippen LogP) is 2.73. The number of amides is 2. The molecule has 35 heavy (non-hydrogen) atoms. The number of hydrogen-bond donors (Lipinski definition) is 3. The van der Waals surface area contributed by atoms with E-state index in [4.69, 9.17) is 18.9 Å². The quantitative estimate of drug-likeness (QED) is 0.445. The number of fused-ring (bicyclic) bond motifs is 1. The Labute approximate surface area is 206 Å². The SMILES string of the molecule is COc1ccc(OCCNC(=O)N[C@H](CN2CCCCC2)[C@H](O)c2ccc3c(c2)OCCO3)cc1. The zero-order chi connectivity index (χ0) is 24.5. The van der Waals surface area contributed by atoms with Crippen molar-refractivity contribution in [2.45, 2.75) is 31.4 Å². The highest BCUT2D eigenvalue weighted by Gasteiger charge is 2.27. The van der Waals surface area contributed by atoms with E-state index in [2.05, 4.69) is 15.5 Å². The number of nitrogens with zero attached hydrogens (tertiary/aromatic N) is 1. The van der Waals surface area contributed by atoms with Gasteiger partial charge in [0.2, 0.25) is 0 Å². The molecule has 190 valence electrons. The van der Waals surface area contributed by atoms with E-state index >= 15 is 0 Å². The van der Waals surface area contributed by atoms with Crippen LogP contribution in [0.5, 0.6) is 23.0 Å². The van der Waals surface area contributed by atoms with Crippen molar-refractivity contribution in [3.05, 3.63) is 48.0 Å². The Morgan fingerprint density at radius 2 is 1.74 bits per heavy atom. The number of ether oxygens (including phenoxy) is 4. The van der Waals surface area contributed by atoms with Crippen LogP contribution in [0.1, 0.15) is 30.9 Å². The van der Waals surface area contributed by atoms with Crippen molar-refractivity contribution in [1.82, 2.24) is 15.5 Å². The van der Waals surface area contributed by atoms with Crippen LogP contribution in [0.15, 0.2) is 42.5 Å². The summed E-state index contributed by atoms with van der Waals surface area (Å²) < 4.78 is 22.1. The molecule has 9 heteroatoms. The van der Waals surface area contributed by atoms with Crippen LogP contribution in [0.2, 0.25) is 0 Å². The maximum Gasteiger partial charge on any atom is 0.315 e. The van der Waals surface area contributed by atoms with E-state index < -0.39 is 12.1 Å². The monoisotopic (exact) mass is 485 g/mol. The first-order valence-electron chi connectivity index (χ1n) is 12.2. The maximum absolute atomic E-state index is 12.7. The summed E-state index contributed by atoms with van der Waals surface area (Å²) in [6.07, 6.45) is 2.58. The van der Waals surface area contributed by atoms with Gasteiger partial charge in [0, 0.05) is 6.54 Å². The molecule has 0 bridgehead atoms. The highest BCUT2D eigenvalue weighted by atomic mass is 16.6. The molecular formula is C26H35N3O6. The summed E-state index contributed by atoms with van der Waals surface area (Å²) in [5.41, 5.74) is 0.680. The molecule has 2 aromatic rings. The Hall–Kier alpha value is -3.17. The number of carbonyl (C=O) groups is 1. The number of methoxy groups -OCH3 is 1. The molecule has 0 spiro atoms. The van der Waals surface area contributed by atoms with Gasteiger partial charge in [-0.25, -0.2) is 4.79 Å². The predicted molar refractivity (Wildman–Crippen MR) is 131 cm³/mol. The minimum Gasteiger partial charge on any atom is -0.497 e. The minimum atomic E-state index is -0.894. The van der Waals surface area contributed by atoms with E-state index in [1.807, 2.05) is 36.4 Å². The van der Waals surface area contributed by atoms with E-state index in [0.717, 1.165) is 31.7 Å². The molecule has 4 rings (SSSR count). The molecule has 3 N–H and O–H groups in total. The third-order valence-corrected chi connectivity index (χ3v) is 6.22. The van der Waals surface area contributed by atoms with Gasteiger partial charge in [0.15, 0.2) is 11.5 Å². The molecular weight excluding hydrogens is 450 g/mol. The molecule has 0 radical (unpaired) electrons. The van der Waals surface area contributed by atoms with Gasteiger partial charge in [0.25, 0.3) is 0 Å². The van der Waals surface area contributed by atoms with Crippen molar-refractivity contribution >= 4 is 6.03 Å². The minimum absolute atomic E-state index is 0.321. The van der Waals surface area contributed by atoms with Crippen LogP contribution in [0.3, 0.4) is 0 Å². The number of benzene rings is 2.